The number of carbonyl (C=O) groups is 1. The van der Waals surface area contributed by atoms with Gasteiger partial charge in [-0.15, -0.1) is 0 Å². The molecule has 0 aromatic heterocycles. The van der Waals surface area contributed by atoms with Gasteiger partial charge in [0.05, 0.1) is 19.3 Å². The number of ketones is 1. The Balaban J connectivity index is 1.72. The lowest BCUT2D eigenvalue weighted by molar-refractivity contribution is -0.306. The van der Waals surface area contributed by atoms with Crippen LogP contribution in [0, 0.1) is 5.41 Å². The van der Waals surface area contributed by atoms with E-state index in [9.17, 15) is 30.3 Å². The summed E-state index contributed by atoms with van der Waals surface area (Å²) in [5.41, 5.74) is -3.16. The van der Waals surface area contributed by atoms with Crippen molar-refractivity contribution in [3.63, 3.8) is 0 Å². The quantitative estimate of drug-likeness (QED) is 0.352. The van der Waals surface area contributed by atoms with Gasteiger partial charge in [0, 0.05) is 18.3 Å². The third kappa shape index (κ3) is 3.33. The molecular weight excluding hydrogens is 372 g/mol. The second-order valence-corrected chi connectivity index (χ2v) is 8.64. The molecule has 160 valence electrons. The molecule has 3 fully saturated rings. The maximum atomic E-state index is 12.0. The Morgan fingerprint density at radius 2 is 1.89 bits per heavy atom. The van der Waals surface area contributed by atoms with E-state index in [4.69, 9.17) is 14.2 Å². The number of carbonyl (C=O) groups excluding carboxylic acids is 1. The minimum Gasteiger partial charge on any atom is -0.394 e. The van der Waals surface area contributed by atoms with Gasteiger partial charge in [0.2, 0.25) is 0 Å². The van der Waals surface area contributed by atoms with Gasteiger partial charge in [0.15, 0.2) is 6.29 Å². The van der Waals surface area contributed by atoms with Crippen LogP contribution in [0.1, 0.15) is 33.6 Å². The first-order valence-corrected chi connectivity index (χ1v) is 9.50. The van der Waals surface area contributed by atoms with E-state index in [2.05, 4.69) is 0 Å². The van der Waals surface area contributed by atoms with Crippen molar-refractivity contribution >= 4 is 5.78 Å². The van der Waals surface area contributed by atoms with E-state index in [1.54, 1.807) is 26.0 Å². The summed E-state index contributed by atoms with van der Waals surface area (Å²) in [4.78, 5) is 12.0. The molecule has 3 rings (SSSR count). The fourth-order valence-corrected chi connectivity index (χ4v) is 4.51. The normalized spacial score (nSPS) is 50.3. The molecule has 0 spiro atoms. The van der Waals surface area contributed by atoms with Gasteiger partial charge in [-0.25, -0.2) is 0 Å². The van der Waals surface area contributed by atoms with Crippen LogP contribution >= 0.6 is 0 Å². The number of aliphatic hydroxyl groups is 5. The summed E-state index contributed by atoms with van der Waals surface area (Å²) in [5.74, 6) is 0.0474. The molecule has 0 aromatic rings. The largest absolute Gasteiger partial charge is 0.394 e. The van der Waals surface area contributed by atoms with Gasteiger partial charge in [-0.05, 0) is 13.8 Å². The molecule has 2 saturated heterocycles. The molecule has 0 unspecified atom stereocenters. The second-order valence-electron chi connectivity index (χ2n) is 8.64. The second kappa shape index (κ2) is 7.41. The van der Waals surface area contributed by atoms with Crippen LogP contribution in [0.3, 0.4) is 0 Å². The highest BCUT2D eigenvalue weighted by molar-refractivity contribution is 5.83. The number of fused-ring (bicyclic) bond motifs is 2. The van der Waals surface area contributed by atoms with Gasteiger partial charge in [-0.3, -0.25) is 4.79 Å². The van der Waals surface area contributed by atoms with Gasteiger partial charge in [-0.1, -0.05) is 19.1 Å². The fraction of sp³-hybridized carbons (Fsp3) is 0.842. The number of hydrogen-bond donors (Lipinski definition) is 5. The van der Waals surface area contributed by atoms with Crippen LogP contribution in [0.15, 0.2) is 12.2 Å². The molecule has 0 amide bonds. The summed E-state index contributed by atoms with van der Waals surface area (Å²) in [6, 6.07) is 0. The van der Waals surface area contributed by atoms with Crippen LogP contribution in [-0.4, -0.2) is 92.5 Å². The Morgan fingerprint density at radius 3 is 2.50 bits per heavy atom. The van der Waals surface area contributed by atoms with Crippen LogP contribution in [0.4, 0.5) is 0 Å². The van der Waals surface area contributed by atoms with Crippen molar-refractivity contribution in [2.75, 3.05) is 13.2 Å². The summed E-state index contributed by atoms with van der Waals surface area (Å²) in [5, 5.41) is 50.4. The Bertz CT molecular complexity index is 613. The lowest BCUT2D eigenvalue weighted by atomic mass is 9.59. The van der Waals surface area contributed by atoms with E-state index in [1.807, 2.05) is 6.92 Å². The van der Waals surface area contributed by atoms with Gasteiger partial charge >= 0.3 is 0 Å². The molecule has 5 N–H and O–H groups in total. The summed E-state index contributed by atoms with van der Waals surface area (Å²) in [6.45, 7) is 4.89. The van der Waals surface area contributed by atoms with Crippen molar-refractivity contribution in [2.24, 2.45) is 5.41 Å². The molecule has 3 aliphatic rings. The summed E-state index contributed by atoms with van der Waals surface area (Å²) in [6.07, 6.45) is -3.97. The predicted molar refractivity (Wildman–Crippen MR) is 95.1 cm³/mol. The molecule has 9 heteroatoms. The minimum absolute atomic E-state index is 0.0474. The van der Waals surface area contributed by atoms with Crippen molar-refractivity contribution in [3.8, 4) is 0 Å². The van der Waals surface area contributed by atoms with E-state index < -0.39 is 60.0 Å². The molecule has 28 heavy (non-hydrogen) atoms. The first-order valence-electron chi connectivity index (χ1n) is 9.50. The van der Waals surface area contributed by atoms with Crippen LogP contribution in [0.2, 0.25) is 0 Å². The van der Waals surface area contributed by atoms with Crippen molar-refractivity contribution in [3.05, 3.63) is 12.2 Å². The average Bonchev–Trinajstić information content (AvgIpc) is 2.73. The molecule has 1 saturated carbocycles. The highest BCUT2D eigenvalue weighted by Gasteiger charge is 2.67. The van der Waals surface area contributed by atoms with E-state index in [0.717, 1.165) is 0 Å². The molecule has 2 bridgehead atoms. The summed E-state index contributed by atoms with van der Waals surface area (Å²) >= 11 is 0. The molecule has 9 nitrogen and oxygen atoms in total. The van der Waals surface area contributed by atoms with Crippen LogP contribution in [0.5, 0.6) is 0 Å². The standard InChI is InChI=1S/C19H30O9/c1-10(27-16-15(24)14(23)13(22)12(8-20)28-16)4-5-19(25)17(2)6-11(21)7-18(19,3)26-9-17/h4-5,10,12-16,20,22-25H,6-9H2,1-3H3/b5-4+/t10-,12+,13+,14-,15+,16+,17+,18-,19+/m0/s1. The van der Waals surface area contributed by atoms with Crippen LogP contribution in [0.25, 0.3) is 0 Å². The first-order chi connectivity index (χ1) is 13.0. The minimum atomic E-state index is -1.53. The van der Waals surface area contributed by atoms with Crippen molar-refractivity contribution in [1.29, 1.82) is 0 Å². The van der Waals surface area contributed by atoms with Crippen LogP contribution < -0.4 is 0 Å². The Labute approximate surface area is 163 Å². The van der Waals surface area contributed by atoms with Crippen molar-refractivity contribution < 1.29 is 44.5 Å². The van der Waals surface area contributed by atoms with Crippen molar-refractivity contribution in [1.82, 2.24) is 0 Å². The Kier molecular flexibility index (Phi) is 5.76. The predicted octanol–water partition coefficient (Wildman–Crippen LogP) is -1.36. The number of Topliss-reactive ketones (excluding diaryl/α,β-unsaturated/α-hetero) is 1. The SMILES string of the molecule is C[C@@H](/C=C/[C@@]1(O)[C@@]2(C)CO[C@@]1(C)CC(=O)C2)O[C@@H]1O[C@H](CO)[C@@H](O)[C@H](O)[C@H]1O. The average molecular weight is 402 g/mol. The monoisotopic (exact) mass is 402 g/mol. The smallest absolute Gasteiger partial charge is 0.187 e. The van der Waals surface area contributed by atoms with Gasteiger partial charge in [0.1, 0.15) is 41.4 Å². The number of hydrogen-bond acceptors (Lipinski definition) is 9. The van der Waals surface area contributed by atoms with E-state index in [-0.39, 0.29) is 25.2 Å². The maximum absolute atomic E-state index is 12.0. The van der Waals surface area contributed by atoms with Gasteiger partial charge in [-0.2, -0.15) is 0 Å². The zero-order chi connectivity index (χ0) is 20.9. The third-order valence-electron chi connectivity index (χ3n) is 6.36. The third-order valence-corrected chi connectivity index (χ3v) is 6.36. The lowest BCUT2D eigenvalue weighted by Crippen LogP contribution is -2.60. The number of rotatable bonds is 5. The van der Waals surface area contributed by atoms with Crippen molar-refractivity contribution in [2.45, 2.75) is 81.6 Å². The molecule has 1 aliphatic carbocycles. The summed E-state index contributed by atoms with van der Waals surface area (Å²) < 4.78 is 16.7. The molecule has 0 aromatic carbocycles. The summed E-state index contributed by atoms with van der Waals surface area (Å²) in [7, 11) is 0. The zero-order valence-electron chi connectivity index (χ0n) is 16.3. The molecule has 2 aliphatic heterocycles. The van der Waals surface area contributed by atoms with E-state index >= 15 is 0 Å². The van der Waals surface area contributed by atoms with Gasteiger partial charge in [0.25, 0.3) is 0 Å². The van der Waals surface area contributed by atoms with E-state index in [1.165, 1.54) is 0 Å². The highest BCUT2D eigenvalue weighted by atomic mass is 16.7. The maximum Gasteiger partial charge on any atom is 0.187 e. The Morgan fingerprint density at radius 1 is 1.21 bits per heavy atom. The number of ether oxygens (including phenoxy) is 3. The molecular formula is C19H30O9. The van der Waals surface area contributed by atoms with E-state index in [0.29, 0.717) is 0 Å². The zero-order valence-corrected chi connectivity index (χ0v) is 16.3. The lowest BCUT2D eigenvalue weighted by Gasteiger charge is -2.47. The fourth-order valence-electron chi connectivity index (χ4n) is 4.51. The highest BCUT2D eigenvalue weighted by Crippen LogP contribution is 2.56. The first kappa shape index (κ1) is 21.8. The Hall–Kier alpha value is -0.910. The van der Waals surface area contributed by atoms with Gasteiger partial charge < -0.3 is 39.7 Å². The number of aliphatic hydroxyl groups excluding tert-OH is 4. The molecule has 2 heterocycles. The molecule has 9 atom stereocenters. The topological polar surface area (TPSA) is 146 Å². The van der Waals surface area contributed by atoms with Crippen LogP contribution in [-0.2, 0) is 19.0 Å². The molecule has 0 radical (unpaired) electrons.